The Morgan fingerprint density at radius 1 is 1.24 bits per heavy atom. The number of rotatable bonds is 2. The second kappa shape index (κ2) is 5.95. The standard InChI is InChI=1S/C14H11Cl2IN2O2/c1-14(2,3-4-17)18-8-12(20)19(13(18)21)11-6-9(15)5-10(16)7-11/h5-8,20H,1-2H3. The zero-order valence-electron chi connectivity index (χ0n) is 11.2. The molecule has 1 N–H and O–H groups in total. The molecule has 1 heterocycles. The van der Waals surface area contributed by atoms with Crippen molar-refractivity contribution < 1.29 is 5.11 Å². The molecular formula is C14H11Cl2IN2O2. The lowest BCUT2D eigenvalue weighted by molar-refractivity contribution is 0.437. The molecule has 0 aliphatic carbocycles. The largest absolute Gasteiger partial charge is 0.493 e. The Balaban J connectivity index is 2.69. The highest BCUT2D eigenvalue weighted by Crippen LogP contribution is 2.25. The predicted molar refractivity (Wildman–Crippen MR) is 92.8 cm³/mol. The minimum Gasteiger partial charge on any atom is -0.493 e. The van der Waals surface area contributed by atoms with Crippen molar-refractivity contribution in [2.24, 2.45) is 0 Å². The van der Waals surface area contributed by atoms with E-state index < -0.39 is 11.2 Å². The minimum absolute atomic E-state index is 0.207. The zero-order chi connectivity index (χ0) is 15.8. The van der Waals surface area contributed by atoms with Gasteiger partial charge in [-0.3, -0.25) is 4.57 Å². The molecule has 0 amide bonds. The zero-order valence-corrected chi connectivity index (χ0v) is 14.9. The molecule has 0 aliphatic rings. The molecular weight excluding hydrogens is 426 g/mol. The van der Waals surface area contributed by atoms with E-state index in [-0.39, 0.29) is 5.88 Å². The van der Waals surface area contributed by atoms with Gasteiger partial charge in [-0.25, -0.2) is 9.36 Å². The summed E-state index contributed by atoms with van der Waals surface area (Å²) in [5, 5.41) is 10.8. The van der Waals surface area contributed by atoms with Gasteiger partial charge in [0.2, 0.25) is 5.88 Å². The molecule has 4 nitrogen and oxygen atoms in total. The third kappa shape index (κ3) is 3.23. The Morgan fingerprint density at radius 3 is 2.33 bits per heavy atom. The first kappa shape index (κ1) is 16.3. The molecule has 0 spiro atoms. The third-order valence-electron chi connectivity index (χ3n) is 2.93. The molecule has 0 fully saturated rings. The van der Waals surface area contributed by atoms with Gasteiger partial charge in [0.15, 0.2) is 0 Å². The van der Waals surface area contributed by atoms with E-state index in [1.54, 1.807) is 32.0 Å². The molecule has 0 saturated heterocycles. The summed E-state index contributed by atoms with van der Waals surface area (Å²) in [6.07, 6.45) is 1.35. The average Bonchev–Trinajstić information content (AvgIpc) is 2.64. The van der Waals surface area contributed by atoms with Crippen LogP contribution in [0.15, 0.2) is 29.2 Å². The topological polar surface area (TPSA) is 47.2 Å². The second-order valence-electron chi connectivity index (χ2n) is 4.88. The van der Waals surface area contributed by atoms with Gasteiger partial charge < -0.3 is 5.11 Å². The van der Waals surface area contributed by atoms with Crippen molar-refractivity contribution in [3.8, 4) is 21.4 Å². The summed E-state index contributed by atoms with van der Waals surface area (Å²) in [6, 6.07) is 4.66. The minimum atomic E-state index is -0.747. The number of imidazole rings is 1. The maximum absolute atomic E-state index is 12.5. The Morgan fingerprint density at radius 2 is 1.81 bits per heavy atom. The number of aromatic nitrogens is 2. The monoisotopic (exact) mass is 436 g/mol. The fourth-order valence-electron chi connectivity index (χ4n) is 1.92. The van der Waals surface area contributed by atoms with Gasteiger partial charge >= 0.3 is 5.69 Å². The van der Waals surface area contributed by atoms with Crippen molar-refractivity contribution >= 4 is 45.8 Å². The molecule has 0 radical (unpaired) electrons. The van der Waals surface area contributed by atoms with Crippen LogP contribution in [0.1, 0.15) is 13.8 Å². The summed E-state index contributed by atoms with van der Waals surface area (Å²) >= 11 is 13.8. The highest BCUT2D eigenvalue weighted by atomic mass is 127. The van der Waals surface area contributed by atoms with Crippen molar-refractivity contribution in [1.82, 2.24) is 9.13 Å². The highest BCUT2D eigenvalue weighted by Gasteiger charge is 2.24. The van der Waals surface area contributed by atoms with E-state index in [0.29, 0.717) is 15.7 Å². The summed E-state index contributed by atoms with van der Waals surface area (Å²) in [5.41, 5.74) is -0.773. The number of hydrogen-bond acceptors (Lipinski definition) is 2. The molecule has 7 heteroatoms. The van der Waals surface area contributed by atoms with Crippen LogP contribution >= 0.6 is 45.8 Å². The summed E-state index contributed by atoms with van der Waals surface area (Å²) < 4.78 is 5.24. The van der Waals surface area contributed by atoms with Crippen LogP contribution in [-0.2, 0) is 5.54 Å². The van der Waals surface area contributed by atoms with Crippen molar-refractivity contribution in [2.75, 3.05) is 0 Å². The van der Waals surface area contributed by atoms with Crippen LogP contribution in [0.25, 0.3) is 5.69 Å². The van der Waals surface area contributed by atoms with Crippen LogP contribution in [0.3, 0.4) is 0 Å². The second-order valence-corrected chi connectivity index (χ2v) is 6.29. The molecule has 21 heavy (non-hydrogen) atoms. The Kier molecular flexibility index (Phi) is 4.61. The van der Waals surface area contributed by atoms with Crippen LogP contribution < -0.4 is 5.69 Å². The predicted octanol–water partition coefficient (Wildman–Crippen LogP) is 3.78. The van der Waals surface area contributed by atoms with Gasteiger partial charge in [0.25, 0.3) is 0 Å². The van der Waals surface area contributed by atoms with Crippen LogP contribution in [0, 0.1) is 9.85 Å². The molecule has 0 bridgehead atoms. The smallest absolute Gasteiger partial charge is 0.336 e. The van der Waals surface area contributed by atoms with Crippen LogP contribution in [0.2, 0.25) is 10.0 Å². The van der Waals surface area contributed by atoms with E-state index in [0.717, 1.165) is 4.57 Å². The van der Waals surface area contributed by atoms with Gasteiger partial charge in [-0.2, -0.15) is 0 Å². The quantitative estimate of drug-likeness (QED) is 0.575. The van der Waals surface area contributed by atoms with Crippen molar-refractivity contribution in [1.29, 1.82) is 0 Å². The molecule has 0 atom stereocenters. The number of halogens is 3. The summed E-state index contributed by atoms with van der Waals surface area (Å²) in [5.74, 6) is 2.71. The summed E-state index contributed by atoms with van der Waals surface area (Å²) in [6.45, 7) is 3.57. The number of aromatic hydroxyl groups is 1. The molecule has 0 saturated carbocycles. The Labute approximate surface area is 145 Å². The van der Waals surface area contributed by atoms with Gasteiger partial charge in [0, 0.05) is 32.6 Å². The molecule has 1 aromatic carbocycles. The Hall–Kier alpha value is -1.10. The average molecular weight is 437 g/mol. The first-order valence-electron chi connectivity index (χ1n) is 5.89. The van der Waals surface area contributed by atoms with Crippen LogP contribution in [0.4, 0.5) is 0 Å². The van der Waals surface area contributed by atoms with Crippen molar-refractivity contribution in [3.05, 3.63) is 44.9 Å². The van der Waals surface area contributed by atoms with E-state index in [4.69, 9.17) is 23.2 Å². The van der Waals surface area contributed by atoms with Crippen LogP contribution in [-0.4, -0.2) is 14.2 Å². The van der Waals surface area contributed by atoms with Gasteiger partial charge in [-0.15, -0.1) is 0 Å². The first-order chi connectivity index (χ1) is 9.76. The lowest BCUT2D eigenvalue weighted by Crippen LogP contribution is -2.35. The van der Waals surface area contributed by atoms with Crippen molar-refractivity contribution in [3.63, 3.8) is 0 Å². The van der Waals surface area contributed by atoms with Gasteiger partial charge in [-0.05, 0) is 36.0 Å². The van der Waals surface area contributed by atoms with E-state index in [1.165, 1.54) is 10.8 Å². The van der Waals surface area contributed by atoms with Gasteiger partial charge in [-0.1, -0.05) is 29.1 Å². The lowest BCUT2D eigenvalue weighted by Gasteiger charge is -2.17. The Bertz CT molecular complexity index is 792. The number of hydrogen-bond donors (Lipinski definition) is 1. The van der Waals surface area contributed by atoms with Gasteiger partial charge in [0.1, 0.15) is 5.54 Å². The molecule has 110 valence electrons. The lowest BCUT2D eigenvalue weighted by atomic mass is 10.1. The molecule has 2 rings (SSSR count). The fraction of sp³-hybridized carbons (Fsp3) is 0.214. The van der Waals surface area contributed by atoms with E-state index in [2.05, 4.69) is 9.85 Å². The molecule has 0 aliphatic heterocycles. The fourth-order valence-corrected chi connectivity index (χ4v) is 3.10. The highest BCUT2D eigenvalue weighted by molar-refractivity contribution is 14.1. The number of benzene rings is 1. The van der Waals surface area contributed by atoms with Crippen LogP contribution in [0.5, 0.6) is 5.88 Å². The molecule has 2 aromatic rings. The van der Waals surface area contributed by atoms with Crippen molar-refractivity contribution in [2.45, 2.75) is 19.4 Å². The van der Waals surface area contributed by atoms with E-state index in [1.807, 2.05) is 22.6 Å². The SMILES string of the molecule is CC(C)(C#CI)n1cc(O)n(-c2cc(Cl)cc(Cl)c2)c1=O. The normalized spacial score (nSPS) is 11.1. The molecule has 0 unspecified atom stereocenters. The number of nitrogens with zero attached hydrogens (tertiary/aromatic N) is 2. The first-order valence-corrected chi connectivity index (χ1v) is 7.73. The van der Waals surface area contributed by atoms with Gasteiger partial charge in [0.05, 0.1) is 11.9 Å². The van der Waals surface area contributed by atoms with E-state index >= 15 is 0 Å². The third-order valence-corrected chi connectivity index (χ3v) is 3.64. The maximum atomic E-state index is 12.5. The molecule has 1 aromatic heterocycles. The van der Waals surface area contributed by atoms with E-state index in [9.17, 15) is 9.90 Å². The summed E-state index contributed by atoms with van der Waals surface area (Å²) in [7, 11) is 0. The maximum Gasteiger partial charge on any atom is 0.336 e. The summed E-state index contributed by atoms with van der Waals surface area (Å²) in [4.78, 5) is 12.5.